The summed E-state index contributed by atoms with van der Waals surface area (Å²) < 4.78 is 11.9. The predicted octanol–water partition coefficient (Wildman–Crippen LogP) is 1.75. The van der Waals surface area contributed by atoms with Crippen molar-refractivity contribution < 1.29 is 9.47 Å². The Hall–Kier alpha value is -0.700. The highest BCUT2D eigenvalue weighted by atomic mass is 16.5. The first-order valence-corrected chi connectivity index (χ1v) is 6.52. The lowest BCUT2D eigenvalue weighted by Gasteiger charge is -2.59. The maximum atomic E-state index is 6.09. The largest absolute Gasteiger partial charge is 0.488 e. The number of hydrogen-bond donors (Lipinski definition) is 0. The van der Waals surface area contributed by atoms with Crippen molar-refractivity contribution in [3.63, 3.8) is 0 Å². The van der Waals surface area contributed by atoms with E-state index in [1.807, 2.05) is 0 Å². The van der Waals surface area contributed by atoms with E-state index in [-0.39, 0.29) is 6.10 Å². The second-order valence-corrected chi connectivity index (χ2v) is 5.74. The topological polar surface area (TPSA) is 21.7 Å². The van der Waals surface area contributed by atoms with Crippen LogP contribution in [0.4, 0.5) is 0 Å². The lowest BCUT2D eigenvalue weighted by molar-refractivity contribution is -0.155. The second-order valence-electron chi connectivity index (χ2n) is 5.74. The van der Waals surface area contributed by atoms with Crippen LogP contribution < -0.4 is 0 Å². The van der Waals surface area contributed by atoms with Crippen molar-refractivity contribution in [2.75, 3.05) is 13.7 Å². The molecule has 2 fully saturated rings. The minimum absolute atomic E-state index is 0.280. The van der Waals surface area contributed by atoms with E-state index in [1.54, 1.807) is 0 Å². The van der Waals surface area contributed by atoms with Gasteiger partial charge in [-0.25, -0.2) is 0 Å². The van der Waals surface area contributed by atoms with Gasteiger partial charge in [-0.3, -0.25) is 0 Å². The van der Waals surface area contributed by atoms with E-state index in [4.69, 9.17) is 9.47 Å². The van der Waals surface area contributed by atoms with Gasteiger partial charge in [-0.2, -0.15) is 0 Å². The molecule has 1 saturated heterocycles. The summed E-state index contributed by atoms with van der Waals surface area (Å²) in [6.07, 6.45) is 4.44. The molecule has 2 heterocycles. The maximum absolute atomic E-state index is 6.09. The van der Waals surface area contributed by atoms with Crippen molar-refractivity contribution in [1.29, 1.82) is 0 Å². The molecule has 88 valence electrons. The Bertz CT molecular complexity index is 365. The fourth-order valence-electron chi connectivity index (χ4n) is 3.74. The SMILES string of the molecule is CC1CCOC2C3=C(C12)N(C)C1CCC1O3. The number of rotatable bonds is 0. The van der Waals surface area contributed by atoms with Gasteiger partial charge in [0.2, 0.25) is 0 Å². The molecule has 4 aliphatic rings. The van der Waals surface area contributed by atoms with Crippen molar-refractivity contribution >= 4 is 0 Å². The second kappa shape index (κ2) is 2.95. The molecule has 0 aromatic carbocycles. The molecule has 16 heavy (non-hydrogen) atoms. The van der Waals surface area contributed by atoms with E-state index in [0.717, 1.165) is 12.5 Å². The first-order chi connectivity index (χ1) is 7.77. The first-order valence-electron chi connectivity index (χ1n) is 6.52. The van der Waals surface area contributed by atoms with Gasteiger partial charge in [0.15, 0.2) is 0 Å². The van der Waals surface area contributed by atoms with Gasteiger partial charge in [0.1, 0.15) is 18.0 Å². The van der Waals surface area contributed by atoms with Gasteiger partial charge < -0.3 is 14.4 Å². The zero-order chi connectivity index (χ0) is 10.9. The Labute approximate surface area is 96.4 Å². The molecule has 0 aromatic heterocycles. The van der Waals surface area contributed by atoms with Gasteiger partial charge in [-0.05, 0) is 25.2 Å². The summed E-state index contributed by atoms with van der Waals surface area (Å²) in [7, 11) is 2.24. The molecule has 3 nitrogen and oxygen atoms in total. The average Bonchev–Trinajstić information content (AvgIpc) is 2.17. The van der Waals surface area contributed by atoms with Crippen LogP contribution in [-0.4, -0.2) is 36.8 Å². The van der Waals surface area contributed by atoms with Crippen molar-refractivity contribution in [2.24, 2.45) is 11.8 Å². The van der Waals surface area contributed by atoms with Crippen LogP contribution in [-0.2, 0) is 9.47 Å². The standard InChI is InChI=1S/C13H19NO2/c1-7-5-6-15-12-10(7)11-13(12)16-9-4-3-8(9)14(11)2/h7-10,12H,3-6H2,1-2H3. The minimum atomic E-state index is 0.280. The average molecular weight is 221 g/mol. The molecule has 2 aliphatic heterocycles. The van der Waals surface area contributed by atoms with Crippen molar-refractivity contribution in [2.45, 2.75) is 44.4 Å². The van der Waals surface area contributed by atoms with E-state index >= 15 is 0 Å². The summed E-state index contributed by atoms with van der Waals surface area (Å²) in [6.45, 7) is 3.25. The highest BCUT2D eigenvalue weighted by molar-refractivity contribution is 5.34. The van der Waals surface area contributed by atoms with Crippen LogP contribution >= 0.6 is 0 Å². The van der Waals surface area contributed by atoms with E-state index in [2.05, 4.69) is 18.9 Å². The fourth-order valence-corrected chi connectivity index (χ4v) is 3.74. The Morgan fingerprint density at radius 3 is 2.88 bits per heavy atom. The molecule has 4 rings (SSSR count). The summed E-state index contributed by atoms with van der Waals surface area (Å²) in [6, 6.07) is 0.647. The maximum Gasteiger partial charge on any atom is 0.145 e. The predicted molar refractivity (Wildman–Crippen MR) is 59.7 cm³/mol. The molecular formula is C13H19NO2. The number of ether oxygens (including phenoxy) is 2. The molecule has 0 bridgehead atoms. The fraction of sp³-hybridized carbons (Fsp3) is 0.846. The lowest BCUT2D eigenvalue weighted by atomic mass is 9.70. The normalized spacial score (nSPS) is 49.4. The van der Waals surface area contributed by atoms with Crippen LogP contribution in [0.1, 0.15) is 26.2 Å². The van der Waals surface area contributed by atoms with Gasteiger partial charge >= 0.3 is 0 Å². The monoisotopic (exact) mass is 221 g/mol. The molecular weight excluding hydrogens is 202 g/mol. The van der Waals surface area contributed by atoms with Crippen LogP contribution in [0.2, 0.25) is 0 Å². The molecule has 2 aliphatic carbocycles. The Morgan fingerprint density at radius 2 is 2.12 bits per heavy atom. The quantitative estimate of drug-likeness (QED) is 0.622. The molecule has 5 atom stereocenters. The summed E-state index contributed by atoms with van der Waals surface area (Å²) in [5, 5.41) is 0. The molecule has 0 amide bonds. The zero-order valence-corrected chi connectivity index (χ0v) is 9.98. The lowest BCUT2D eigenvalue weighted by Crippen LogP contribution is -2.62. The van der Waals surface area contributed by atoms with Crippen LogP contribution in [0, 0.1) is 11.8 Å². The van der Waals surface area contributed by atoms with E-state index in [0.29, 0.717) is 18.1 Å². The smallest absolute Gasteiger partial charge is 0.145 e. The zero-order valence-electron chi connectivity index (χ0n) is 9.98. The highest BCUT2D eigenvalue weighted by Gasteiger charge is 2.56. The summed E-state index contributed by atoms with van der Waals surface area (Å²) in [4.78, 5) is 2.49. The van der Waals surface area contributed by atoms with E-state index in [9.17, 15) is 0 Å². The van der Waals surface area contributed by atoms with Gasteiger partial charge in [0.05, 0.1) is 11.7 Å². The van der Waals surface area contributed by atoms with Crippen molar-refractivity contribution in [1.82, 2.24) is 4.90 Å². The number of likely N-dealkylation sites (N-methyl/N-ethyl adjacent to an activating group) is 1. The van der Waals surface area contributed by atoms with E-state index in [1.165, 1.54) is 30.7 Å². The first kappa shape index (κ1) is 9.34. The van der Waals surface area contributed by atoms with E-state index < -0.39 is 0 Å². The Balaban J connectivity index is 1.70. The molecule has 0 N–H and O–H groups in total. The highest BCUT2D eigenvalue weighted by Crippen LogP contribution is 2.53. The van der Waals surface area contributed by atoms with Crippen LogP contribution in [0.25, 0.3) is 0 Å². The third-order valence-electron chi connectivity index (χ3n) is 4.97. The molecule has 5 unspecified atom stereocenters. The molecule has 0 aromatic rings. The third-order valence-corrected chi connectivity index (χ3v) is 4.97. The van der Waals surface area contributed by atoms with Crippen LogP contribution in [0.3, 0.4) is 0 Å². The summed E-state index contributed by atoms with van der Waals surface area (Å²) >= 11 is 0. The minimum Gasteiger partial charge on any atom is -0.488 e. The third kappa shape index (κ3) is 0.939. The number of hydrogen-bond acceptors (Lipinski definition) is 3. The van der Waals surface area contributed by atoms with Gasteiger partial charge in [0.25, 0.3) is 0 Å². The van der Waals surface area contributed by atoms with Gasteiger partial charge in [0, 0.05) is 19.6 Å². The Kier molecular flexibility index (Phi) is 1.72. The summed E-state index contributed by atoms with van der Waals surface area (Å²) in [5.41, 5.74) is 1.46. The van der Waals surface area contributed by atoms with Gasteiger partial charge in [-0.1, -0.05) is 6.92 Å². The van der Waals surface area contributed by atoms with Gasteiger partial charge in [-0.15, -0.1) is 0 Å². The molecule has 0 radical (unpaired) electrons. The molecule has 1 saturated carbocycles. The number of nitrogens with zero attached hydrogens (tertiary/aromatic N) is 1. The molecule has 3 heteroatoms. The molecule has 0 spiro atoms. The summed E-state index contributed by atoms with van der Waals surface area (Å²) in [5.74, 6) is 2.52. The number of fused-ring (bicyclic) bond motifs is 4. The van der Waals surface area contributed by atoms with Crippen LogP contribution in [0.5, 0.6) is 0 Å². The van der Waals surface area contributed by atoms with Crippen molar-refractivity contribution in [3.8, 4) is 0 Å². The Morgan fingerprint density at radius 1 is 1.25 bits per heavy atom. The van der Waals surface area contributed by atoms with Crippen molar-refractivity contribution in [3.05, 3.63) is 11.5 Å². The van der Waals surface area contributed by atoms with Crippen LogP contribution in [0.15, 0.2) is 11.5 Å².